The molecule has 0 radical (unpaired) electrons. The van der Waals surface area contributed by atoms with Crippen molar-refractivity contribution in [2.24, 2.45) is 0 Å². The van der Waals surface area contributed by atoms with Gasteiger partial charge in [0.25, 0.3) is 11.6 Å². The molecule has 0 spiro atoms. The highest BCUT2D eigenvalue weighted by molar-refractivity contribution is 6.36. The number of aromatic nitrogens is 2. The molecule has 0 saturated carbocycles. The SMILES string of the molecule is O=[N+]([O-])c1ccc(Cl)c(-c2nc(-c3ccc(Cl)cc3Cl)no2)c1. The van der Waals surface area contributed by atoms with Crippen molar-refractivity contribution in [2.45, 2.75) is 0 Å². The van der Waals surface area contributed by atoms with Gasteiger partial charge in [0.15, 0.2) is 0 Å². The monoisotopic (exact) mass is 369 g/mol. The van der Waals surface area contributed by atoms with Gasteiger partial charge >= 0.3 is 0 Å². The third-order valence-corrected chi connectivity index (χ3v) is 3.87. The Morgan fingerprint density at radius 1 is 1.00 bits per heavy atom. The van der Waals surface area contributed by atoms with Crippen molar-refractivity contribution in [1.29, 1.82) is 0 Å². The summed E-state index contributed by atoms with van der Waals surface area (Å²) in [5.74, 6) is 0.281. The molecule has 23 heavy (non-hydrogen) atoms. The van der Waals surface area contributed by atoms with Crippen LogP contribution in [0.4, 0.5) is 5.69 Å². The first kappa shape index (κ1) is 15.7. The standard InChI is InChI=1S/C14H6Cl3N3O3/c15-7-1-3-9(12(17)5-7)13-18-14(23-19-13)10-6-8(20(21)22)2-4-11(10)16/h1-6H. The maximum absolute atomic E-state index is 10.9. The lowest BCUT2D eigenvalue weighted by Crippen LogP contribution is -1.89. The largest absolute Gasteiger partial charge is 0.334 e. The minimum Gasteiger partial charge on any atom is -0.334 e. The van der Waals surface area contributed by atoms with Gasteiger partial charge in [0.2, 0.25) is 5.82 Å². The van der Waals surface area contributed by atoms with E-state index in [1.165, 1.54) is 18.2 Å². The lowest BCUT2D eigenvalue weighted by Gasteiger charge is -1.99. The normalized spacial score (nSPS) is 10.7. The predicted octanol–water partition coefficient (Wildman–Crippen LogP) is 5.27. The Labute approximate surface area is 144 Å². The molecule has 0 unspecified atom stereocenters. The van der Waals surface area contributed by atoms with Gasteiger partial charge in [0, 0.05) is 22.7 Å². The maximum atomic E-state index is 10.9. The molecule has 3 aromatic rings. The van der Waals surface area contributed by atoms with Gasteiger partial charge in [-0.2, -0.15) is 4.98 Å². The number of non-ortho nitro benzene ring substituents is 1. The van der Waals surface area contributed by atoms with Crippen molar-refractivity contribution in [2.75, 3.05) is 0 Å². The predicted molar refractivity (Wildman–Crippen MR) is 86.9 cm³/mol. The Balaban J connectivity index is 2.05. The molecule has 2 aromatic carbocycles. The van der Waals surface area contributed by atoms with Crippen LogP contribution in [0, 0.1) is 10.1 Å². The molecule has 116 valence electrons. The van der Waals surface area contributed by atoms with Gasteiger partial charge in [-0.1, -0.05) is 40.0 Å². The summed E-state index contributed by atoms with van der Waals surface area (Å²) in [6, 6.07) is 8.79. The zero-order chi connectivity index (χ0) is 16.6. The number of halogens is 3. The Kier molecular flexibility index (Phi) is 4.21. The zero-order valence-corrected chi connectivity index (χ0v) is 13.4. The van der Waals surface area contributed by atoms with Gasteiger partial charge in [0.05, 0.1) is 20.5 Å². The number of nitro groups is 1. The van der Waals surface area contributed by atoms with E-state index in [2.05, 4.69) is 10.1 Å². The molecule has 9 heteroatoms. The van der Waals surface area contributed by atoms with Crippen LogP contribution in [0.1, 0.15) is 0 Å². The quantitative estimate of drug-likeness (QED) is 0.463. The van der Waals surface area contributed by atoms with E-state index in [-0.39, 0.29) is 28.0 Å². The van der Waals surface area contributed by atoms with Crippen molar-refractivity contribution in [3.63, 3.8) is 0 Å². The van der Waals surface area contributed by atoms with Crippen molar-refractivity contribution in [3.8, 4) is 22.8 Å². The van der Waals surface area contributed by atoms with Crippen LogP contribution in [-0.2, 0) is 0 Å². The lowest BCUT2D eigenvalue weighted by molar-refractivity contribution is -0.384. The second-order valence-corrected chi connectivity index (χ2v) is 5.72. The summed E-state index contributed by atoms with van der Waals surface area (Å²) in [5.41, 5.74) is 0.658. The molecule has 0 aliphatic heterocycles. The molecule has 0 N–H and O–H groups in total. The number of nitro benzene ring substituents is 1. The van der Waals surface area contributed by atoms with Crippen molar-refractivity contribution in [3.05, 3.63) is 61.6 Å². The average Bonchev–Trinajstić information content (AvgIpc) is 2.96. The molecule has 1 heterocycles. The summed E-state index contributed by atoms with van der Waals surface area (Å²) in [6.07, 6.45) is 0. The fourth-order valence-corrected chi connectivity index (χ4v) is 2.60. The van der Waals surface area contributed by atoms with Crippen molar-refractivity contribution in [1.82, 2.24) is 10.1 Å². The summed E-state index contributed by atoms with van der Waals surface area (Å²) in [6.45, 7) is 0. The topological polar surface area (TPSA) is 82.1 Å². The zero-order valence-electron chi connectivity index (χ0n) is 11.2. The van der Waals surface area contributed by atoms with Gasteiger partial charge in [-0.25, -0.2) is 0 Å². The Hall–Kier alpha value is -2.15. The van der Waals surface area contributed by atoms with Gasteiger partial charge in [0.1, 0.15) is 0 Å². The molecule has 0 saturated heterocycles. The summed E-state index contributed by atoms with van der Waals surface area (Å²) >= 11 is 18.0. The molecule has 0 aliphatic carbocycles. The Morgan fingerprint density at radius 3 is 2.48 bits per heavy atom. The number of nitrogens with zero attached hydrogens (tertiary/aromatic N) is 3. The fraction of sp³-hybridized carbons (Fsp3) is 0. The Morgan fingerprint density at radius 2 is 1.78 bits per heavy atom. The van der Waals surface area contributed by atoms with Gasteiger partial charge in [-0.05, 0) is 24.3 Å². The van der Waals surface area contributed by atoms with E-state index in [1.54, 1.807) is 18.2 Å². The van der Waals surface area contributed by atoms with Gasteiger partial charge < -0.3 is 4.52 Å². The molecular weight excluding hydrogens is 365 g/mol. The highest BCUT2D eigenvalue weighted by atomic mass is 35.5. The molecule has 3 rings (SSSR count). The molecule has 6 nitrogen and oxygen atoms in total. The number of hydrogen-bond acceptors (Lipinski definition) is 5. The van der Waals surface area contributed by atoms with E-state index < -0.39 is 4.92 Å². The highest BCUT2D eigenvalue weighted by Gasteiger charge is 2.18. The summed E-state index contributed by atoms with van der Waals surface area (Å²) < 4.78 is 5.15. The number of benzene rings is 2. The van der Waals surface area contributed by atoms with E-state index >= 15 is 0 Å². The first-order valence-electron chi connectivity index (χ1n) is 6.19. The minimum atomic E-state index is -0.535. The third kappa shape index (κ3) is 3.14. The van der Waals surface area contributed by atoms with Gasteiger partial charge in [-0.3, -0.25) is 10.1 Å². The minimum absolute atomic E-state index is 0.0553. The van der Waals surface area contributed by atoms with Crippen LogP contribution in [0.2, 0.25) is 15.1 Å². The van der Waals surface area contributed by atoms with Crippen molar-refractivity contribution < 1.29 is 9.45 Å². The van der Waals surface area contributed by atoms with Crippen LogP contribution in [-0.4, -0.2) is 15.1 Å². The molecular formula is C14H6Cl3N3O3. The lowest BCUT2D eigenvalue weighted by atomic mass is 10.2. The molecule has 0 amide bonds. The van der Waals surface area contributed by atoms with E-state index in [0.29, 0.717) is 15.6 Å². The van der Waals surface area contributed by atoms with Crippen LogP contribution in [0.3, 0.4) is 0 Å². The summed E-state index contributed by atoms with van der Waals surface area (Å²) in [7, 11) is 0. The number of rotatable bonds is 3. The summed E-state index contributed by atoms with van der Waals surface area (Å²) in [4.78, 5) is 14.5. The van der Waals surface area contributed by atoms with Crippen LogP contribution < -0.4 is 0 Å². The average molecular weight is 371 g/mol. The Bertz CT molecular complexity index is 911. The number of hydrogen-bond donors (Lipinski definition) is 0. The molecule has 1 aromatic heterocycles. The van der Waals surface area contributed by atoms with Crippen LogP contribution in [0.25, 0.3) is 22.8 Å². The second kappa shape index (κ2) is 6.16. The fourth-order valence-electron chi connectivity index (χ4n) is 1.90. The van der Waals surface area contributed by atoms with E-state index in [1.807, 2.05) is 0 Å². The molecule has 0 bridgehead atoms. The molecule has 0 atom stereocenters. The first-order chi connectivity index (χ1) is 11.0. The maximum Gasteiger partial charge on any atom is 0.270 e. The molecule has 0 fully saturated rings. The summed E-state index contributed by atoms with van der Waals surface area (Å²) in [5, 5.41) is 15.8. The first-order valence-corrected chi connectivity index (χ1v) is 7.32. The van der Waals surface area contributed by atoms with E-state index in [4.69, 9.17) is 39.3 Å². The van der Waals surface area contributed by atoms with Crippen LogP contribution in [0.5, 0.6) is 0 Å². The van der Waals surface area contributed by atoms with Crippen molar-refractivity contribution >= 4 is 40.5 Å². The second-order valence-electron chi connectivity index (χ2n) is 4.47. The van der Waals surface area contributed by atoms with E-state index in [0.717, 1.165) is 0 Å². The van der Waals surface area contributed by atoms with E-state index in [9.17, 15) is 10.1 Å². The molecule has 0 aliphatic rings. The van der Waals surface area contributed by atoms with Crippen LogP contribution in [0.15, 0.2) is 40.9 Å². The smallest absolute Gasteiger partial charge is 0.270 e. The van der Waals surface area contributed by atoms with Crippen LogP contribution >= 0.6 is 34.8 Å². The van der Waals surface area contributed by atoms with Gasteiger partial charge in [-0.15, -0.1) is 0 Å². The third-order valence-electron chi connectivity index (χ3n) is 2.99. The highest BCUT2D eigenvalue weighted by Crippen LogP contribution is 2.33.